The highest BCUT2D eigenvalue weighted by Gasteiger charge is 2.38. The van der Waals surface area contributed by atoms with E-state index < -0.39 is 6.10 Å². The third kappa shape index (κ3) is 3.89. The lowest BCUT2D eigenvalue weighted by atomic mass is 9.87. The number of aliphatic hydroxyl groups is 1. The molecule has 1 aliphatic rings. The molecule has 1 aliphatic heterocycles. The Morgan fingerprint density at radius 2 is 1.76 bits per heavy atom. The van der Waals surface area contributed by atoms with E-state index in [2.05, 4.69) is 4.90 Å². The largest absolute Gasteiger partial charge is 0.508 e. The van der Waals surface area contributed by atoms with Crippen LogP contribution in [0.25, 0.3) is 0 Å². The van der Waals surface area contributed by atoms with E-state index in [4.69, 9.17) is 0 Å². The van der Waals surface area contributed by atoms with Gasteiger partial charge in [0.05, 0.1) is 5.25 Å². The Labute approximate surface area is 152 Å². The lowest BCUT2D eigenvalue weighted by Gasteiger charge is -2.22. The van der Waals surface area contributed by atoms with Crippen LogP contribution in [0.2, 0.25) is 0 Å². The molecule has 2 aromatic carbocycles. The molecule has 0 radical (unpaired) electrons. The van der Waals surface area contributed by atoms with Crippen molar-refractivity contribution in [1.82, 2.24) is 4.90 Å². The first-order chi connectivity index (χ1) is 12.0. The van der Waals surface area contributed by atoms with Gasteiger partial charge in [0.25, 0.3) is 0 Å². The molecule has 0 saturated carbocycles. The average molecular weight is 357 g/mol. The van der Waals surface area contributed by atoms with E-state index in [-0.39, 0.29) is 22.7 Å². The summed E-state index contributed by atoms with van der Waals surface area (Å²) in [6.45, 7) is 0.784. The molecule has 0 aliphatic carbocycles. The van der Waals surface area contributed by atoms with Crippen molar-refractivity contribution in [1.29, 1.82) is 0 Å². The smallest absolute Gasteiger partial charge is 0.170 e. The summed E-state index contributed by atoms with van der Waals surface area (Å²) in [6.07, 6.45) is -0.392. The quantitative estimate of drug-likeness (QED) is 0.880. The summed E-state index contributed by atoms with van der Waals surface area (Å²) >= 11 is 1.52. The van der Waals surface area contributed by atoms with Crippen molar-refractivity contribution in [2.45, 2.75) is 28.6 Å². The van der Waals surface area contributed by atoms with Gasteiger partial charge in [-0.1, -0.05) is 30.3 Å². The highest BCUT2D eigenvalue weighted by atomic mass is 32.2. The lowest BCUT2D eigenvalue weighted by Crippen LogP contribution is -2.31. The molecule has 0 saturated heterocycles. The molecular formula is C20H23NO3S. The molecule has 132 valence electrons. The Balaban J connectivity index is 1.99. The minimum atomic E-state index is -1.07. The van der Waals surface area contributed by atoms with Crippen LogP contribution in [0.4, 0.5) is 0 Å². The number of ketones is 1. The van der Waals surface area contributed by atoms with E-state index >= 15 is 0 Å². The van der Waals surface area contributed by atoms with Crippen molar-refractivity contribution >= 4 is 17.5 Å². The molecule has 0 bridgehead atoms. The zero-order chi connectivity index (χ0) is 18.0. The van der Waals surface area contributed by atoms with Gasteiger partial charge >= 0.3 is 0 Å². The minimum Gasteiger partial charge on any atom is -0.508 e. The van der Waals surface area contributed by atoms with Gasteiger partial charge in [-0.2, -0.15) is 0 Å². The fourth-order valence-electron chi connectivity index (χ4n) is 3.18. The van der Waals surface area contributed by atoms with Gasteiger partial charge in [0.1, 0.15) is 11.9 Å². The summed E-state index contributed by atoms with van der Waals surface area (Å²) in [5.74, 6) is -0.256. The van der Waals surface area contributed by atoms with Crippen molar-refractivity contribution < 1.29 is 15.0 Å². The molecule has 4 nitrogen and oxygen atoms in total. The van der Waals surface area contributed by atoms with Crippen molar-refractivity contribution in [3.8, 4) is 5.75 Å². The fourth-order valence-corrected chi connectivity index (χ4v) is 4.52. The van der Waals surface area contributed by atoms with E-state index in [1.54, 1.807) is 24.3 Å². The van der Waals surface area contributed by atoms with Gasteiger partial charge in [-0.3, -0.25) is 4.79 Å². The predicted molar refractivity (Wildman–Crippen MR) is 100 cm³/mol. The number of thioether (sulfide) groups is 1. The Bertz CT molecular complexity index is 745. The third-order valence-electron chi connectivity index (χ3n) is 4.56. The first kappa shape index (κ1) is 18.0. The maximum Gasteiger partial charge on any atom is 0.170 e. The summed E-state index contributed by atoms with van der Waals surface area (Å²) < 4.78 is 0. The summed E-state index contributed by atoms with van der Waals surface area (Å²) in [4.78, 5) is 16.1. The van der Waals surface area contributed by atoms with Gasteiger partial charge in [-0.05, 0) is 56.4 Å². The van der Waals surface area contributed by atoms with Gasteiger partial charge in [0.15, 0.2) is 5.78 Å². The first-order valence-corrected chi connectivity index (χ1v) is 9.26. The molecule has 3 atom stereocenters. The number of carbonyl (C=O) groups is 1. The van der Waals surface area contributed by atoms with Crippen LogP contribution in [0, 0.1) is 0 Å². The van der Waals surface area contributed by atoms with Gasteiger partial charge in [-0.25, -0.2) is 0 Å². The van der Waals surface area contributed by atoms with Crippen LogP contribution in [0.1, 0.15) is 28.7 Å². The van der Waals surface area contributed by atoms with Crippen LogP contribution in [0.5, 0.6) is 5.75 Å². The number of aromatic hydroxyl groups is 1. The number of carbonyl (C=O) groups excluding carboxylic acids is 1. The van der Waals surface area contributed by atoms with Crippen molar-refractivity contribution in [2.75, 3.05) is 20.6 Å². The van der Waals surface area contributed by atoms with Gasteiger partial charge in [0.2, 0.25) is 0 Å². The molecule has 5 heteroatoms. The monoisotopic (exact) mass is 357 g/mol. The molecule has 0 spiro atoms. The number of nitrogens with zero attached hydrogens (tertiary/aromatic N) is 1. The zero-order valence-electron chi connectivity index (χ0n) is 14.4. The Kier molecular flexibility index (Phi) is 5.47. The van der Waals surface area contributed by atoms with Crippen LogP contribution >= 0.6 is 11.8 Å². The maximum atomic E-state index is 13.0. The molecule has 2 aromatic rings. The van der Waals surface area contributed by atoms with E-state index in [9.17, 15) is 15.0 Å². The number of Topliss-reactive ketones (excluding diaryl/α,β-unsaturated/α-hetero) is 1. The van der Waals surface area contributed by atoms with E-state index in [1.165, 1.54) is 11.8 Å². The first-order valence-electron chi connectivity index (χ1n) is 8.38. The highest BCUT2D eigenvalue weighted by Crippen LogP contribution is 2.46. The molecule has 0 amide bonds. The van der Waals surface area contributed by atoms with Crippen molar-refractivity contribution in [2.24, 2.45) is 0 Å². The summed E-state index contributed by atoms with van der Waals surface area (Å²) in [7, 11) is 3.97. The fraction of sp³-hybridized carbons (Fsp3) is 0.350. The van der Waals surface area contributed by atoms with E-state index in [0.29, 0.717) is 6.42 Å². The number of phenolic OH excluding ortho intramolecular Hbond substituents is 1. The van der Waals surface area contributed by atoms with Crippen LogP contribution in [-0.2, 0) is 4.79 Å². The van der Waals surface area contributed by atoms with Crippen molar-refractivity contribution in [3.05, 3.63) is 59.7 Å². The van der Waals surface area contributed by atoms with Crippen LogP contribution in [-0.4, -0.2) is 47.6 Å². The van der Waals surface area contributed by atoms with E-state index in [1.807, 2.05) is 38.4 Å². The number of benzene rings is 2. The molecular weight excluding hydrogens is 334 g/mol. The number of phenols is 1. The third-order valence-corrected chi connectivity index (χ3v) is 5.97. The standard InChI is InChI=1S/C20H23NO3S/c1-21(2)12-11-16-15-5-3-4-6-17(15)25-20(19(24)18(16)23)13-7-9-14(22)10-8-13/h3-10,16,19-20,22,24H,11-12H2,1-2H3/t16?,19-,20-/m0/s1. The van der Waals surface area contributed by atoms with Gasteiger partial charge < -0.3 is 15.1 Å². The molecule has 3 rings (SSSR count). The molecule has 2 N–H and O–H groups in total. The lowest BCUT2D eigenvalue weighted by molar-refractivity contribution is -0.128. The topological polar surface area (TPSA) is 60.8 Å². The van der Waals surface area contributed by atoms with Gasteiger partial charge in [0, 0.05) is 10.8 Å². The molecule has 25 heavy (non-hydrogen) atoms. The average Bonchev–Trinajstić information content (AvgIpc) is 2.70. The van der Waals surface area contributed by atoms with Gasteiger partial charge in [-0.15, -0.1) is 11.8 Å². The molecule has 1 unspecified atom stereocenters. The summed E-state index contributed by atoms with van der Waals surface area (Å²) in [5, 5.41) is 19.9. The Hall–Kier alpha value is -1.82. The SMILES string of the molecule is CN(C)CCC1C(=O)[C@H](O)[C@H](c2ccc(O)cc2)Sc2ccccc21. The second-order valence-electron chi connectivity index (χ2n) is 6.66. The Morgan fingerprint density at radius 1 is 1.08 bits per heavy atom. The highest BCUT2D eigenvalue weighted by molar-refractivity contribution is 7.99. The van der Waals surface area contributed by atoms with Crippen LogP contribution < -0.4 is 0 Å². The van der Waals surface area contributed by atoms with E-state index in [0.717, 1.165) is 22.6 Å². The number of hydrogen-bond acceptors (Lipinski definition) is 5. The van der Waals surface area contributed by atoms with Crippen molar-refractivity contribution in [3.63, 3.8) is 0 Å². The molecule has 0 aromatic heterocycles. The summed E-state index contributed by atoms with van der Waals surface area (Å²) in [5.41, 5.74) is 1.84. The number of hydrogen-bond donors (Lipinski definition) is 2. The number of fused-ring (bicyclic) bond motifs is 1. The minimum absolute atomic E-state index is 0.127. The number of rotatable bonds is 4. The summed E-state index contributed by atoms with van der Waals surface area (Å²) in [6, 6.07) is 14.6. The second kappa shape index (κ2) is 7.60. The number of aliphatic hydroxyl groups excluding tert-OH is 1. The maximum absolute atomic E-state index is 13.0. The van der Waals surface area contributed by atoms with Crippen LogP contribution in [0.15, 0.2) is 53.4 Å². The molecule has 0 fully saturated rings. The normalized spacial score (nSPS) is 23.4. The predicted octanol–water partition coefficient (Wildman–Crippen LogP) is 3.20. The zero-order valence-corrected chi connectivity index (χ0v) is 15.2. The molecule has 1 heterocycles. The second-order valence-corrected chi connectivity index (χ2v) is 7.84. The Morgan fingerprint density at radius 3 is 2.44 bits per heavy atom. The van der Waals surface area contributed by atoms with Crippen LogP contribution in [0.3, 0.4) is 0 Å².